The Bertz CT molecular complexity index is 204. The normalized spacial score (nSPS) is 14.3. The Labute approximate surface area is 134 Å². The predicted octanol–water partition coefficient (Wildman–Crippen LogP) is 6.43. The van der Waals surface area contributed by atoms with E-state index in [-0.39, 0.29) is 4.65 Å². The van der Waals surface area contributed by atoms with Gasteiger partial charge in [-0.25, -0.2) is 0 Å². The number of hydrogen-bond donors (Lipinski definition) is 0. The minimum absolute atomic E-state index is 0.0222. The van der Waals surface area contributed by atoms with E-state index in [9.17, 15) is 5.21 Å². The van der Waals surface area contributed by atoms with E-state index in [4.69, 9.17) is 0 Å². The van der Waals surface area contributed by atoms with Crippen molar-refractivity contribution in [2.24, 2.45) is 0 Å². The fourth-order valence-corrected chi connectivity index (χ4v) is 2.89. The molecule has 0 spiro atoms. The van der Waals surface area contributed by atoms with Crippen molar-refractivity contribution in [3.63, 3.8) is 0 Å². The molecule has 0 aromatic heterocycles. The van der Waals surface area contributed by atoms with E-state index in [2.05, 4.69) is 13.8 Å². The molecule has 0 aromatic carbocycles. The van der Waals surface area contributed by atoms with Gasteiger partial charge in [0.15, 0.2) is 0 Å². The molecule has 0 amide bonds. The van der Waals surface area contributed by atoms with Crippen LogP contribution in [0.3, 0.4) is 0 Å². The van der Waals surface area contributed by atoms with Gasteiger partial charge in [-0.3, -0.25) is 0 Å². The first-order chi connectivity index (χ1) is 10.1. The van der Waals surface area contributed by atoms with Crippen molar-refractivity contribution >= 4 is 0 Å². The molecule has 0 bridgehead atoms. The van der Waals surface area contributed by atoms with Gasteiger partial charge in [0.1, 0.15) is 0 Å². The van der Waals surface area contributed by atoms with Crippen LogP contribution in [0.4, 0.5) is 0 Å². The van der Waals surface area contributed by atoms with Crippen molar-refractivity contribution in [2.45, 2.75) is 104 Å². The van der Waals surface area contributed by atoms with Crippen LogP contribution in [0.2, 0.25) is 0 Å². The maximum absolute atomic E-state index is 12.1. The maximum atomic E-state index is 12.1. The Kier molecular flexibility index (Phi) is 14.8. The van der Waals surface area contributed by atoms with Crippen molar-refractivity contribution in [3.05, 3.63) is 5.21 Å². The highest BCUT2D eigenvalue weighted by Crippen LogP contribution is 2.13. The molecule has 0 saturated carbocycles. The molecule has 0 aliphatic rings. The van der Waals surface area contributed by atoms with E-state index in [1.54, 1.807) is 0 Å². The van der Waals surface area contributed by atoms with Crippen LogP contribution in [0, 0.1) is 5.21 Å². The van der Waals surface area contributed by atoms with Gasteiger partial charge in [-0.05, 0) is 19.3 Å². The molecule has 128 valence electrons. The largest absolute Gasteiger partial charge is 0.633 e. The number of unbranched alkanes of at least 4 members (excludes halogenated alkanes) is 12. The monoisotopic (exact) mass is 299 g/mol. The summed E-state index contributed by atoms with van der Waals surface area (Å²) in [5.41, 5.74) is 0. The quantitative estimate of drug-likeness (QED) is 0.183. The highest BCUT2D eigenvalue weighted by molar-refractivity contribution is 4.49. The van der Waals surface area contributed by atoms with Gasteiger partial charge in [0, 0.05) is 0 Å². The van der Waals surface area contributed by atoms with E-state index in [1.165, 1.54) is 70.6 Å². The number of quaternary nitrogens is 1. The number of hydroxylamine groups is 3. The summed E-state index contributed by atoms with van der Waals surface area (Å²) in [5.74, 6) is 0. The standard InChI is InChI=1S/C19H41NO/c1-4-6-8-9-10-11-12-13-14-15-16-17-19-20(3,21)18-7-5-2/h4-19H2,1-3H3. The van der Waals surface area contributed by atoms with Gasteiger partial charge in [-0.15, -0.1) is 0 Å². The number of hydrogen-bond acceptors (Lipinski definition) is 1. The van der Waals surface area contributed by atoms with Crippen molar-refractivity contribution in [3.8, 4) is 0 Å². The summed E-state index contributed by atoms with van der Waals surface area (Å²) >= 11 is 0. The average Bonchev–Trinajstić information content (AvgIpc) is 2.46. The fourth-order valence-electron chi connectivity index (χ4n) is 2.89. The van der Waals surface area contributed by atoms with Crippen LogP contribution >= 0.6 is 0 Å². The first kappa shape index (κ1) is 20.9. The van der Waals surface area contributed by atoms with Crippen molar-refractivity contribution in [1.29, 1.82) is 0 Å². The molecule has 0 N–H and O–H groups in total. The molecule has 1 unspecified atom stereocenters. The lowest BCUT2D eigenvalue weighted by Gasteiger charge is -2.38. The SMILES string of the molecule is CCCCCCCCCCCCCC[N+](C)([O-])CCCC. The van der Waals surface area contributed by atoms with Crippen LogP contribution in [0.25, 0.3) is 0 Å². The first-order valence-electron chi connectivity index (χ1n) is 9.68. The molecular weight excluding hydrogens is 258 g/mol. The molecule has 1 atom stereocenters. The van der Waals surface area contributed by atoms with Gasteiger partial charge < -0.3 is 9.85 Å². The minimum atomic E-state index is -0.0222. The second-order valence-corrected chi connectivity index (χ2v) is 6.99. The van der Waals surface area contributed by atoms with E-state index in [1.807, 2.05) is 7.05 Å². The molecule has 0 aliphatic carbocycles. The number of rotatable bonds is 16. The zero-order valence-corrected chi connectivity index (χ0v) is 15.2. The Hall–Kier alpha value is -0.0800. The summed E-state index contributed by atoms with van der Waals surface area (Å²) < 4.78 is -0.0222. The lowest BCUT2D eigenvalue weighted by atomic mass is 10.1. The van der Waals surface area contributed by atoms with E-state index < -0.39 is 0 Å². The van der Waals surface area contributed by atoms with Gasteiger partial charge in [-0.1, -0.05) is 84.5 Å². The Morgan fingerprint density at radius 3 is 1.29 bits per heavy atom. The molecule has 2 heteroatoms. The lowest BCUT2D eigenvalue weighted by molar-refractivity contribution is -0.861. The first-order valence-corrected chi connectivity index (χ1v) is 9.68. The predicted molar refractivity (Wildman–Crippen MR) is 95.3 cm³/mol. The maximum Gasteiger partial charge on any atom is 0.0781 e. The van der Waals surface area contributed by atoms with Crippen LogP contribution in [0.15, 0.2) is 0 Å². The number of nitrogens with zero attached hydrogens (tertiary/aromatic N) is 1. The highest BCUT2D eigenvalue weighted by atomic mass is 16.5. The van der Waals surface area contributed by atoms with Crippen LogP contribution in [0.5, 0.6) is 0 Å². The van der Waals surface area contributed by atoms with E-state index in [0.717, 1.165) is 32.4 Å². The van der Waals surface area contributed by atoms with E-state index in [0.29, 0.717) is 0 Å². The average molecular weight is 300 g/mol. The van der Waals surface area contributed by atoms with Gasteiger partial charge in [-0.2, -0.15) is 0 Å². The third kappa shape index (κ3) is 16.1. The third-order valence-electron chi connectivity index (χ3n) is 4.47. The van der Waals surface area contributed by atoms with Gasteiger partial charge in [0.2, 0.25) is 0 Å². The van der Waals surface area contributed by atoms with Crippen LogP contribution in [-0.4, -0.2) is 24.8 Å². The zero-order valence-electron chi connectivity index (χ0n) is 15.2. The van der Waals surface area contributed by atoms with Crippen LogP contribution in [0.1, 0.15) is 104 Å². The Morgan fingerprint density at radius 1 is 0.524 bits per heavy atom. The third-order valence-corrected chi connectivity index (χ3v) is 4.47. The summed E-state index contributed by atoms with van der Waals surface area (Å²) in [7, 11) is 1.84. The van der Waals surface area contributed by atoms with Crippen molar-refractivity contribution in [1.82, 2.24) is 0 Å². The highest BCUT2D eigenvalue weighted by Gasteiger charge is 2.08. The second kappa shape index (κ2) is 14.8. The summed E-state index contributed by atoms with van der Waals surface area (Å²) in [6.45, 7) is 6.05. The van der Waals surface area contributed by atoms with Crippen molar-refractivity contribution < 1.29 is 4.65 Å². The molecular formula is C19H41NO. The topological polar surface area (TPSA) is 23.1 Å². The van der Waals surface area contributed by atoms with Gasteiger partial charge in [0.05, 0.1) is 20.1 Å². The van der Waals surface area contributed by atoms with E-state index >= 15 is 0 Å². The molecule has 0 aromatic rings. The lowest BCUT2D eigenvalue weighted by Crippen LogP contribution is -2.39. The smallest absolute Gasteiger partial charge is 0.0781 e. The molecule has 21 heavy (non-hydrogen) atoms. The van der Waals surface area contributed by atoms with Gasteiger partial charge in [0.25, 0.3) is 0 Å². The molecule has 0 saturated heterocycles. The summed E-state index contributed by atoms with van der Waals surface area (Å²) in [6, 6.07) is 0. The summed E-state index contributed by atoms with van der Waals surface area (Å²) in [6.07, 6.45) is 18.5. The molecule has 0 aliphatic heterocycles. The summed E-state index contributed by atoms with van der Waals surface area (Å²) in [5, 5.41) is 12.1. The zero-order chi connectivity index (χ0) is 15.8. The molecule has 0 heterocycles. The molecule has 0 rings (SSSR count). The summed E-state index contributed by atoms with van der Waals surface area (Å²) in [4.78, 5) is 0. The molecule has 2 nitrogen and oxygen atoms in total. The Balaban J connectivity index is 3.18. The Morgan fingerprint density at radius 2 is 0.857 bits per heavy atom. The van der Waals surface area contributed by atoms with Crippen molar-refractivity contribution in [2.75, 3.05) is 20.1 Å². The van der Waals surface area contributed by atoms with Gasteiger partial charge >= 0.3 is 0 Å². The minimum Gasteiger partial charge on any atom is -0.633 e. The second-order valence-electron chi connectivity index (χ2n) is 6.99. The molecule has 0 radical (unpaired) electrons. The van der Waals surface area contributed by atoms with Crippen LogP contribution in [-0.2, 0) is 0 Å². The molecule has 0 fully saturated rings. The fraction of sp³-hybridized carbons (Fsp3) is 1.00. The van der Waals surface area contributed by atoms with Crippen LogP contribution < -0.4 is 0 Å².